The van der Waals surface area contributed by atoms with E-state index in [2.05, 4.69) is 5.32 Å². The van der Waals surface area contributed by atoms with Gasteiger partial charge in [0.25, 0.3) is 0 Å². The second-order valence-corrected chi connectivity index (χ2v) is 6.80. The van der Waals surface area contributed by atoms with Gasteiger partial charge in [-0.3, -0.25) is 0 Å². The number of likely N-dealkylation sites (N-methyl/N-ethyl adjacent to an activating group) is 1. The Balaban J connectivity index is 2.42. The van der Waals surface area contributed by atoms with Gasteiger partial charge in [0, 0.05) is 24.7 Å². The Morgan fingerprint density at radius 1 is 1.39 bits per heavy atom. The van der Waals surface area contributed by atoms with Crippen LogP contribution < -0.4 is 5.32 Å². The second-order valence-electron chi connectivity index (χ2n) is 4.10. The molecule has 0 bridgehead atoms. The molecule has 2 rings (SSSR count). The van der Waals surface area contributed by atoms with Crippen LogP contribution in [0, 0.1) is 0 Å². The Morgan fingerprint density at radius 3 is 2.56 bits per heavy atom. The molecule has 1 saturated heterocycles. The van der Waals surface area contributed by atoms with Gasteiger partial charge < -0.3 is 5.32 Å². The number of benzene rings is 1. The van der Waals surface area contributed by atoms with Crippen LogP contribution in [0.5, 0.6) is 0 Å². The van der Waals surface area contributed by atoms with Crippen molar-refractivity contribution < 1.29 is 8.42 Å². The molecule has 1 aliphatic heterocycles. The van der Waals surface area contributed by atoms with Crippen molar-refractivity contribution in [2.45, 2.75) is 17.9 Å². The minimum Gasteiger partial charge on any atom is -0.313 e. The van der Waals surface area contributed by atoms with Gasteiger partial charge >= 0.3 is 0 Å². The van der Waals surface area contributed by atoms with Crippen LogP contribution in [0.4, 0.5) is 0 Å². The Bertz CT molecular complexity index is 544. The molecule has 1 aromatic carbocycles. The van der Waals surface area contributed by atoms with Crippen molar-refractivity contribution in [3.8, 4) is 0 Å². The van der Waals surface area contributed by atoms with E-state index < -0.39 is 10.0 Å². The van der Waals surface area contributed by atoms with Gasteiger partial charge in [0.05, 0.1) is 11.1 Å². The molecule has 7 heteroatoms. The minimum atomic E-state index is -3.59. The Hall–Kier alpha value is -0.330. The van der Waals surface area contributed by atoms with Crippen molar-refractivity contribution in [2.24, 2.45) is 0 Å². The lowest BCUT2D eigenvalue weighted by Gasteiger charge is -2.36. The van der Waals surface area contributed by atoms with Gasteiger partial charge in [-0.25, -0.2) is 8.42 Å². The first-order valence-corrected chi connectivity index (χ1v) is 7.84. The summed E-state index contributed by atoms with van der Waals surface area (Å²) in [6.07, 6.45) is 0. The van der Waals surface area contributed by atoms with Gasteiger partial charge in [0.1, 0.15) is 4.90 Å². The highest BCUT2D eigenvalue weighted by molar-refractivity contribution is 7.89. The third-order valence-electron chi connectivity index (χ3n) is 2.96. The summed E-state index contributed by atoms with van der Waals surface area (Å²) in [6.45, 7) is 3.57. The summed E-state index contributed by atoms with van der Waals surface area (Å²) in [5, 5.41) is 3.62. The van der Waals surface area contributed by atoms with Gasteiger partial charge in [-0.05, 0) is 18.2 Å². The van der Waals surface area contributed by atoms with Crippen molar-refractivity contribution in [3.05, 3.63) is 28.2 Å². The van der Waals surface area contributed by atoms with E-state index in [4.69, 9.17) is 23.2 Å². The summed E-state index contributed by atoms with van der Waals surface area (Å²) in [5.74, 6) is 0. The summed E-state index contributed by atoms with van der Waals surface area (Å²) in [4.78, 5) is 0.0745. The van der Waals surface area contributed by atoms with Crippen molar-refractivity contribution >= 4 is 33.2 Å². The standard InChI is InChI=1S/C11H14Cl2N2O2S/c1-2-15(9-6-14-7-9)18(16,17)11-5-8(12)3-4-10(11)13/h3-5,9,14H,2,6-7H2,1H3. The second kappa shape index (κ2) is 5.35. The minimum absolute atomic E-state index is 0.00458. The molecule has 0 unspecified atom stereocenters. The van der Waals surface area contributed by atoms with E-state index in [0.29, 0.717) is 24.7 Å². The van der Waals surface area contributed by atoms with E-state index in [9.17, 15) is 8.42 Å². The number of nitrogens with one attached hydrogen (secondary N) is 1. The summed E-state index contributed by atoms with van der Waals surface area (Å²) in [5.41, 5.74) is 0. The molecule has 0 amide bonds. The molecule has 0 aromatic heterocycles. The van der Waals surface area contributed by atoms with Gasteiger partial charge in [-0.2, -0.15) is 4.31 Å². The molecule has 1 aliphatic rings. The number of nitrogens with zero attached hydrogens (tertiary/aromatic N) is 1. The zero-order chi connectivity index (χ0) is 13.3. The first kappa shape index (κ1) is 14.1. The van der Waals surface area contributed by atoms with Crippen LogP contribution >= 0.6 is 23.2 Å². The fourth-order valence-electron chi connectivity index (χ4n) is 1.90. The molecule has 100 valence electrons. The lowest BCUT2D eigenvalue weighted by Crippen LogP contribution is -2.58. The number of sulfonamides is 1. The average Bonchev–Trinajstić information content (AvgIpc) is 2.26. The molecule has 1 N–H and O–H groups in total. The number of hydrogen-bond acceptors (Lipinski definition) is 3. The van der Waals surface area contributed by atoms with E-state index in [1.54, 1.807) is 6.07 Å². The largest absolute Gasteiger partial charge is 0.313 e. The molecular weight excluding hydrogens is 295 g/mol. The lowest BCUT2D eigenvalue weighted by atomic mass is 10.2. The SMILES string of the molecule is CCN(C1CNC1)S(=O)(=O)c1cc(Cl)ccc1Cl. The molecule has 0 spiro atoms. The third-order valence-corrected chi connectivity index (χ3v) is 5.70. The normalized spacial score (nSPS) is 16.9. The Morgan fingerprint density at radius 2 is 2.06 bits per heavy atom. The molecule has 1 aromatic rings. The number of hydrogen-bond donors (Lipinski definition) is 1. The van der Waals surface area contributed by atoms with Gasteiger partial charge in [0.15, 0.2) is 0 Å². The van der Waals surface area contributed by atoms with Crippen LogP contribution in [0.2, 0.25) is 10.0 Å². The van der Waals surface area contributed by atoms with Crippen molar-refractivity contribution in [2.75, 3.05) is 19.6 Å². The molecule has 1 heterocycles. The van der Waals surface area contributed by atoms with Crippen LogP contribution in [0.1, 0.15) is 6.92 Å². The predicted molar refractivity (Wildman–Crippen MR) is 72.7 cm³/mol. The Kier molecular flexibility index (Phi) is 4.18. The fourth-order valence-corrected chi connectivity index (χ4v) is 4.27. The highest BCUT2D eigenvalue weighted by atomic mass is 35.5. The molecule has 4 nitrogen and oxygen atoms in total. The lowest BCUT2D eigenvalue weighted by molar-refractivity contribution is 0.249. The summed E-state index contributed by atoms with van der Waals surface area (Å²) in [7, 11) is -3.59. The zero-order valence-electron chi connectivity index (χ0n) is 9.86. The zero-order valence-corrected chi connectivity index (χ0v) is 12.2. The molecule has 0 aliphatic carbocycles. The van der Waals surface area contributed by atoms with Crippen LogP contribution in [0.3, 0.4) is 0 Å². The highest BCUT2D eigenvalue weighted by Gasteiger charge is 2.34. The Labute approximate surface area is 117 Å². The quantitative estimate of drug-likeness (QED) is 0.925. The van der Waals surface area contributed by atoms with E-state index in [0.717, 1.165) is 0 Å². The molecule has 0 atom stereocenters. The first-order valence-electron chi connectivity index (χ1n) is 5.64. The maximum Gasteiger partial charge on any atom is 0.244 e. The molecule has 0 saturated carbocycles. The summed E-state index contributed by atoms with van der Waals surface area (Å²) < 4.78 is 26.5. The van der Waals surface area contributed by atoms with E-state index >= 15 is 0 Å². The van der Waals surface area contributed by atoms with Crippen LogP contribution in [-0.2, 0) is 10.0 Å². The monoisotopic (exact) mass is 308 g/mol. The van der Waals surface area contributed by atoms with E-state index in [1.807, 2.05) is 6.92 Å². The van der Waals surface area contributed by atoms with Gasteiger partial charge in [-0.15, -0.1) is 0 Å². The summed E-state index contributed by atoms with van der Waals surface area (Å²) in [6, 6.07) is 4.47. The molecule has 1 fully saturated rings. The van der Waals surface area contributed by atoms with E-state index in [1.165, 1.54) is 16.4 Å². The van der Waals surface area contributed by atoms with Crippen molar-refractivity contribution in [1.82, 2.24) is 9.62 Å². The van der Waals surface area contributed by atoms with E-state index in [-0.39, 0.29) is 16.0 Å². The smallest absolute Gasteiger partial charge is 0.244 e. The van der Waals surface area contributed by atoms with Gasteiger partial charge in [-0.1, -0.05) is 30.1 Å². The van der Waals surface area contributed by atoms with Crippen molar-refractivity contribution in [3.63, 3.8) is 0 Å². The highest BCUT2D eigenvalue weighted by Crippen LogP contribution is 2.29. The average molecular weight is 309 g/mol. The van der Waals surface area contributed by atoms with Crippen LogP contribution in [-0.4, -0.2) is 38.4 Å². The van der Waals surface area contributed by atoms with Crippen LogP contribution in [0.15, 0.2) is 23.1 Å². The maximum atomic E-state index is 12.5. The predicted octanol–water partition coefficient (Wildman–Crippen LogP) is 1.98. The third kappa shape index (κ3) is 2.51. The van der Waals surface area contributed by atoms with Gasteiger partial charge in [0.2, 0.25) is 10.0 Å². The van der Waals surface area contributed by atoms with Crippen LogP contribution in [0.25, 0.3) is 0 Å². The number of halogens is 2. The molecular formula is C11H14Cl2N2O2S. The fraction of sp³-hybridized carbons (Fsp3) is 0.455. The number of rotatable bonds is 4. The first-order chi connectivity index (χ1) is 8.46. The topological polar surface area (TPSA) is 49.4 Å². The maximum absolute atomic E-state index is 12.5. The van der Waals surface area contributed by atoms with Crippen molar-refractivity contribution in [1.29, 1.82) is 0 Å². The summed E-state index contributed by atoms with van der Waals surface area (Å²) >= 11 is 11.8. The molecule has 18 heavy (non-hydrogen) atoms. The molecule has 0 radical (unpaired) electrons.